The first-order valence-electron chi connectivity index (χ1n) is 4.95. The Morgan fingerprint density at radius 3 is 2.35 bits per heavy atom. The highest BCUT2D eigenvalue weighted by Gasteiger charge is 2.21. The van der Waals surface area contributed by atoms with Gasteiger partial charge < -0.3 is 10.8 Å². The van der Waals surface area contributed by atoms with E-state index in [1.807, 2.05) is 0 Å². The van der Waals surface area contributed by atoms with Crippen molar-refractivity contribution in [2.24, 2.45) is 0 Å². The van der Waals surface area contributed by atoms with Crippen LogP contribution in [0.4, 0.5) is 5.69 Å². The number of nitrogens with two attached hydrogens (primary N) is 1. The number of Topliss-reactive ketones (excluding diaryl/α,β-unsaturated/α-hetero) is 1. The average Bonchev–Trinajstić information content (AvgIpc) is 2.28. The molecule has 0 fully saturated rings. The highest BCUT2D eigenvalue weighted by Crippen LogP contribution is 2.18. The van der Waals surface area contributed by atoms with Crippen molar-refractivity contribution in [3.8, 4) is 0 Å². The van der Waals surface area contributed by atoms with Crippen molar-refractivity contribution in [1.29, 1.82) is 0 Å². The lowest BCUT2D eigenvalue weighted by Gasteiger charge is -2.11. The number of carbonyl (C=O) groups excluding carboxylic acids is 2. The smallest absolute Gasteiger partial charge is 0.313 e. The Morgan fingerprint density at radius 2 is 1.88 bits per heavy atom. The number of ketones is 1. The fourth-order valence-corrected chi connectivity index (χ4v) is 1.28. The minimum absolute atomic E-state index is 0.192. The average molecular weight is 238 g/mol. The predicted molar refractivity (Wildman–Crippen MR) is 60.0 cm³/mol. The van der Waals surface area contributed by atoms with Gasteiger partial charge in [-0.25, -0.2) is 5.06 Å². The number of aliphatic hydroxyl groups is 1. The fourth-order valence-electron chi connectivity index (χ4n) is 1.28. The van der Waals surface area contributed by atoms with E-state index in [4.69, 9.17) is 10.9 Å². The zero-order valence-electron chi connectivity index (χ0n) is 9.33. The van der Waals surface area contributed by atoms with Crippen LogP contribution in [-0.4, -0.2) is 34.1 Å². The van der Waals surface area contributed by atoms with E-state index in [0.717, 1.165) is 7.05 Å². The van der Waals surface area contributed by atoms with Crippen LogP contribution in [-0.2, 0) is 9.59 Å². The van der Waals surface area contributed by atoms with Gasteiger partial charge in [0.1, 0.15) is 0 Å². The van der Waals surface area contributed by atoms with Gasteiger partial charge in [-0.1, -0.05) is 12.1 Å². The van der Waals surface area contributed by atoms with Crippen LogP contribution in [0, 0.1) is 0 Å². The Balaban J connectivity index is 2.66. The number of hydrogen-bond donors (Lipinski definition) is 3. The van der Waals surface area contributed by atoms with E-state index in [1.165, 1.54) is 0 Å². The third kappa shape index (κ3) is 3.54. The summed E-state index contributed by atoms with van der Waals surface area (Å²) in [5.41, 5.74) is 6.50. The standard InChI is InChI=1S/C11H14N2O4/c1-13(17)11(16)10(15)6-9(14)7-2-4-8(12)5-3-7/h2-5,9,14,17H,6,12H2,1H3. The Bertz CT molecular complexity index is 414. The highest BCUT2D eigenvalue weighted by atomic mass is 16.5. The molecular formula is C11H14N2O4. The van der Waals surface area contributed by atoms with Crippen LogP contribution in [0.3, 0.4) is 0 Å². The van der Waals surface area contributed by atoms with Gasteiger partial charge in [0, 0.05) is 19.2 Å². The molecular weight excluding hydrogens is 224 g/mol. The van der Waals surface area contributed by atoms with E-state index in [9.17, 15) is 14.7 Å². The molecule has 0 saturated heterocycles. The van der Waals surface area contributed by atoms with Crippen molar-refractivity contribution in [2.75, 3.05) is 12.8 Å². The molecule has 0 aliphatic carbocycles. The second-order valence-electron chi connectivity index (χ2n) is 3.64. The largest absolute Gasteiger partial charge is 0.399 e. The van der Waals surface area contributed by atoms with Crippen molar-refractivity contribution in [3.63, 3.8) is 0 Å². The normalized spacial score (nSPS) is 11.9. The zero-order valence-corrected chi connectivity index (χ0v) is 9.33. The van der Waals surface area contributed by atoms with Crippen LogP contribution in [0.1, 0.15) is 18.1 Å². The molecule has 1 amide bonds. The molecule has 1 unspecified atom stereocenters. The van der Waals surface area contributed by atoms with Crippen molar-refractivity contribution in [1.82, 2.24) is 5.06 Å². The van der Waals surface area contributed by atoms with Gasteiger partial charge >= 0.3 is 5.91 Å². The van der Waals surface area contributed by atoms with Crippen molar-refractivity contribution >= 4 is 17.4 Å². The molecule has 6 heteroatoms. The van der Waals surface area contributed by atoms with Crippen molar-refractivity contribution in [3.05, 3.63) is 29.8 Å². The van der Waals surface area contributed by atoms with Crippen LogP contribution in [0.15, 0.2) is 24.3 Å². The summed E-state index contributed by atoms with van der Waals surface area (Å²) >= 11 is 0. The summed E-state index contributed by atoms with van der Waals surface area (Å²) in [7, 11) is 1.05. The van der Waals surface area contributed by atoms with E-state index >= 15 is 0 Å². The first kappa shape index (κ1) is 13.1. The molecule has 1 aromatic rings. The number of aliphatic hydroxyl groups excluding tert-OH is 1. The number of rotatable bonds is 4. The lowest BCUT2D eigenvalue weighted by Crippen LogP contribution is -2.31. The van der Waals surface area contributed by atoms with E-state index < -0.39 is 17.8 Å². The summed E-state index contributed by atoms with van der Waals surface area (Å²) in [6.07, 6.45) is -1.47. The van der Waals surface area contributed by atoms with E-state index in [-0.39, 0.29) is 11.5 Å². The lowest BCUT2D eigenvalue weighted by molar-refractivity contribution is -0.166. The molecule has 4 N–H and O–H groups in total. The van der Waals surface area contributed by atoms with E-state index in [1.54, 1.807) is 24.3 Å². The summed E-state index contributed by atoms with van der Waals surface area (Å²) in [5.74, 6) is -1.92. The van der Waals surface area contributed by atoms with Gasteiger partial charge in [-0.15, -0.1) is 0 Å². The summed E-state index contributed by atoms with van der Waals surface area (Å²) in [6.45, 7) is 0. The molecule has 17 heavy (non-hydrogen) atoms. The maximum atomic E-state index is 11.3. The van der Waals surface area contributed by atoms with Crippen LogP contribution < -0.4 is 5.73 Å². The number of likely N-dealkylation sites (N-methyl/N-ethyl adjacent to an activating group) is 1. The molecule has 0 bridgehead atoms. The van der Waals surface area contributed by atoms with Gasteiger partial charge in [0.25, 0.3) is 0 Å². The maximum absolute atomic E-state index is 11.3. The Labute approximate surface area is 98.2 Å². The number of benzene rings is 1. The molecule has 0 saturated carbocycles. The molecule has 0 aliphatic heterocycles. The molecule has 0 radical (unpaired) electrons. The second-order valence-corrected chi connectivity index (χ2v) is 3.64. The Morgan fingerprint density at radius 1 is 1.35 bits per heavy atom. The minimum Gasteiger partial charge on any atom is -0.399 e. The monoisotopic (exact) mass is 238 g/mol. The van der Waals surface area contributed by atoms with Crippen LogP contribution >= 0.6 is 0 Å². The third-order valence-corrected chi connectivity index (χ3v) is 2.23. The summed E-state index contributed by atoms with van der Waals surface area (Å²) in [6, 6.07) is 6.31. The first-order chi connectivity index (χ1) is 7.91. The maximum Gasteiger partial charge on any atom is 0.313 e. The minimum atomic E-state index is -1.09. The van der Waals surface area contributed by atoms with Crippen molar-refractivity contribution < 1.29 is 19.9 Å². The number of amides is 1. The molecule has 6 nitrogen and oxygen atoms in total. The lowest BCUT2D eigenvalue weighted by atomic mass is 10.0. The number of nitrogen functional groups attached to an aromatic ring is 1. The zero-order chi connectivity index (χ0) is 13.0. The summed E-state index contributed by atoms with van der Waals surface area (Å²) in [4.78, 5) is 22.4. The van der Waals surface area contributed by atoms with Gasteiger partial charge in [0.2, 0.25) is 5.78 Å². The third-order valence-electron chi connectivity index (χ3n) is 2.23. The topological polar surface area (TPSA) is 104 Å². The highest BCUT2D eigenvalue weighted by molar-refractivity contribution is 6.35. The van der Waals surface area contributed by atoms with Crippen molar-refractivity contribution in [2.45, 2.75) is 12.5 Å². The first-order valence-corrected chi connectivity index (χ1v) is 4.95. The van der Waals surface area contributed by atoms with E-state index in [0.29, 0.717) is 11.3 Å². The van der Waals surface area contributed by atoms with Gasteiger partial charge in [-0.05, 0) is 17.7 Å². The number of hydrogen-bond acceptors (Lipinski definition) is 5. The molecule has 1 atom stereocenters. The number of carbonyl (C=O) groups is 2. The predicted octanol–water partition coefficient (Wildman–Crippen LogP) is 0.109. The quantitative estimate of drug-likeness (QED) is 0.299. The van der Waals surface area contributed by atoms with Gasteiger partial charge in [0.15, 0.2) is 0 Å². The second kappa shape index (κ2) is 5.42. The molecule has 0 spiro atoms. The molecule has 92 valence electrons. The number of nitrogens with zero attached hydrogens (tertiary/aromatic N) is 1. The summed E-state index contributed by atoms with van der Waals surface area (Å²) < 4.78 is 0. The Kier molecular flexibility index (Phi) is 4.19. The van der Waals surface area contributed by atoms with Crippen LogP contribution in [0.5, 0.6) is 0 Å². The number of anilines is 1. The van der Waals surface area contributed by atoms with E-state index in [2.05, 4.69) is 0 Å². The van der Waals surface area contributed by atoms with Gasteiger partial charge in [0.05, 0.1) is 6.10 Å². The van der Waals surface area contributed by atoms with Gasteiger partial charge in [-0.3, -0.25) is 14.8 Å². The SMILES string of the molecule is CN(O)C(=O)C(=O)CC(O)c1ccc(N)cc1. The molecule has 1 aromatic carbocycles. The van der Waals surface area contributed by atoms with Crippen LogP contribution in [0.25, 0.3) is 0 Å². The fraction of sp³-hybridized carbons (Fsp3) is 0.273. The molecule has 0 aromatic heterocycles. The molecule has 0 aliphatic rings. The Hall–Kier alpha value is -1.92. The molecule has 1 rings (SSSR count). The summed E-state index contributed by atoms with van der Waals surface area (Å²) in [5, 5.41) is 18.7. The van der Waals surface area contributed by atoms with Gasteiger partial charge in [-0.2, -0.15) is 0 Å². The number of hydroxylamine groups is 2. The molecule has 0 heterocycles. The van der Waals surface area contributed by atoms with Crippen LogP contribution in [0.2, 0.25) is 0 Å².